The molecular weight excluding hydrogens is 310 g/mol. The van der Waals surface area contributed by atoms with Gasteiger partial charge in [0.05, 0.1) is 18.7 Å². The zero-order chi connectivity index (χ0) is 16.4. The zero-order valence-corrected chi connectivity index (χ0v) is 14.1. The molecule has 4 heteroatoms. The molecule has 1 aromatic carbocycles. The second-order valence-corrected chi connectivity index (χ2v) is 7.14. The summed E-state index contributed by atoms with van der Waals surface area (Å²) in [5.41, 5.74) is 1.11. The lowest BCUT2D eigenvalue weighted by Gasteiger charge is -2.44. The van der Waals surface area contributed by atoms with Crippen LogP contribution < -0.4 is 0 Å². The first-order valence-corrected chi connectivity index (χ1v) is 8.83. The Morgan fingerprint density at radius 1 is 1.26 bits per heavy atom. The normalized spacial score (nSPS) is 26.2. The molecule has 2 aliphatic rings. The SMILES string of the molecule is C=CC[C@H]1CCC(c2ccc(Cl)cc2)N(C(CO)C2CC2)C1=O. The van der Waals surface area contributed by atoms with Crippen LogP contribution in [-0.2, 0) is 4.79 Å². The Morgan fingerprint density at radius 2 is 1.96 bits per heavy atom. The van der Waals surface area contributed by atoms with Gasteiger partial charge in [-0.25, -0.2) is 0 Å². The maximum Gasteiger partial charge on any atom is 0.226 e. The van der Waals surface area contributed by atoms with Crippen LogP contribution in [0.4, 0.5) is 0 Å². The van der Waals surface area contributed by atoms with Gasteiger partial charge < -0.3 is 10.0 Å². The first kappa shape index (κ1) is 16.5. The first-order valence-electron chi connectivity index (χ1n) is 8.45. The Hall–Kier alpha value is -1.32. The van der Waals surface area contributed by atoms with Crippen LogP contribution >= 0.6 is 11.6 Å². The summed E-state index contributed by atoms with van der Waals surface area (Å²) in [6.45, 7) is 3.82. The van der Waals surface area contributed by atoms with Gasteiger partial charge in [0.25, 0.3) is 0 Å². The van der Waals surface area contributed by atoms with E-state index in [0.717, 1.165) is 31.2 Å². The number of carbonyl (C=O) groups is 1. The van der Waals surface area contributed by atoms with Gasteiger partial charge in [0.15, 0.2) is 0 Å². The average molecular weight is 334 g/mol. The van der Waals surface area contributed by atoms with Crippen molar-refractivity contribution in [2.45, 2.75) is 44.2 Å². The third kappa shape index (κ3) is 3.46. The van der Waals surface area contributed by atoms with Gasteiger partial charge >= 0.3 is 0 Å². The monoisotopic (exact) mass is 333 g/mol. The minimum atomic E-state index is -0.0595. The van der Waals surface area contributed by atoms with Crippen molar-refractivity contribution in [3.8, 4) is 0 Å². The van der Waals surface area contributed by atoms with Crippen molar-refractivity contribution in [1.82, 2.24) is 4.90 Å². The number of hydrogen-bond acceptors (Lipinski definition) is 2. The molecule has 3 rings (SSSR count). The van der Waals surface area contributed by atoms with E-state index in [0.29, 0.717) is 17.4 Å². The van der Waals surface area contributed by atoms with Crippen LogP contribution in [0.2, 0.25) is 5.02 Å². The van der Waals surface area contributed by atoms with E-state index in [2.05, 4.69) is 6.58 Å². The van der Waals surface area contributed by atoms with Crippen LogP contribution in [0.15, 0.2) is 36.9 Å². The van der Waals surface area contributed by atoms with E-state index in [4.69, 9.17) is 11.6 Å². The summed E-state index contributed by atoms with van der Waals surface area (Å²) in [5.74, 6) is 0.618. The molecule has 2 unspecified atom stereocenters. The van der Waals surface area contributed by atoms with Gasteiger partial charge in [-0.3, -0.25) is 4.79 Å². The molecule has 0 radical (unpaired) electrons. The van der Waals surface area contributed by atoms with E-state index in [-0.39, 0.29) is 30.5 Å². The van der Waals surface area contributed by atoms with Gasteiger partial charge in [-0.2, -0.15) is 0 Å². The number of allylic oxidation sites excluding steroid dienone is 1. The summed E-state index contributed by atoms with van der Waals surface area (Å²) in [6, 6.07) is 7.74. The van der Waals surface area contributed by atoms with E-state index in [1.165, 1.54) is 0 Å². The van der Waals surface area contributed by atoms with Crippen molar-refractivity contribution in [2.75, 3.05) is 6.61 Å². The van der Waals surface area contributed by atoms with Crippen molar-refractivity contribution >= 4 is 17.5 Å². The minimum absolute atomic E-state index is 0.00357. The van der Waals surface area contributed by atoms with E-state index >= 15 is 0 Å². The summed E-state index contributed by atoms with van der Waals surface area (Å²) in [5, 5.41) is 10.6. The number of amides is 1. The maximum absolute atomic E-state index is 13.0. The quantitative estimate of drug-likeness (QED) is 0.800. The molecular formula is C19H24ClNO2. The number of aliphatic hydroxyl groups is 1. The third-order valence-corrected chi connectivity index (χ3v) is 5.40. The van der Waals surface area contributed by atoms with Crippen molar-refractivity contribution in [2.24, 2.45) is 11.8 Å². The molecule has 0 aromatic heterocycles. The van der Waals surface area contributed by atoms with Gasteiger partial charge in [-0.05, 0) is 55.7 Å². The summed E-state index contributed by atoms with van der Waals surface area (Å²) < 4.78 is 0. The average Bonchev–Trinajstić information content (AvgIpc) is 3.38. The van der Waals surface area contributed by atoms with Gasteiger partial charge in [0, 0.05) is 10.9 Å². The number of hydrogen-bond donors (Lipinski definition) is 1. The molecule has 23 heavy (non-hydrogen) atoms. The first-order chi connectivity index (χ1) is 11.2. The largest absolute Gasteiger partial charge is 0.394 e. The van der Waals surface area contributed by atoms with Crippen LogP contribution in [0.25, 0.3) is 0 Å². The van der Waals surface area contributed by atoms with Crippen LogP contribution in [0.5, 0.6) is 0 Å². The number of aliphatic hydroxyl groups excluding tert-OH is 1. The van der Waals surface area contributed by atoms with E-state index in [1.807, 2.05) is 35.2 Å². The molecule has 3 nitrogen and oxygen atoms in total. The number of piperidine rings is 1. The van der Waals surface area contributed by atoms with Crippen molar-refractivity contribution in [1.29, 1.82) is 0 Å². The maximum atomic E-state index is 13.0. The summed E-state index contributed by atoms with van der Waals surface area (Å²) >= 11 is 6.00. The lowest BCUT2D eigenvalue weighted by molar-refractivity contribution is -0.147. The standard InChI is InChI=1S/C19H24ClNO2/c1-2-3-15-8-11-17(13-6-9-16(20)10-7-13)21(19(15)23)18(12-22)14-4-5-14/h2,6-7,9-10,14-15,17-18,22H,1,3-5,8,11-12H2/t15-,17?,18?/m0/s1. The van der Waals surface area contributed by atoms with E-state index < -0.39 is 0 Å². The third-order valence-electron chi connectivity index (χ3n) is 5.14. The molecule has 1 aliphatic carbocycles. The highest BCUT2D eigenvalue weighted by atomic mass is 35.5. The molecule has 1 amide bonds. The predicted molar refractivity (Wildman–Crippen MR) is 92.2 cm³/mol. The topological polar surface area (TPSA) is 40.5 Å². The molecule has 0 spiro atoms. The van der Waals surface area contributed by atoms with Gasteiger partial charge in [0.1, 0.15) is 0 Å². The number of carbonyl (C=O) groups excluding carboxylic acids is 1. The molecule has 1 aromatic rings. The highest BCUT2D eigenvalue weighted by Crippen LogP contribution is 2.43. The predicted octanol–water partition coefficient (Wildman–Crippen LogP) is 3.97. The Bertz CT molecular complexity index is 567. The van der Waals surface area contributed by atoms with E-state index in [1.54, 1.807) is 0 Å². The Kier molecular flexibility index (Phi) is 5.08. The van der Waals surface area contributed by atoms with Crippen LogP contribution in [-0.4, -0.2) is 28.6 Å². The fourth-order valence-corrected chi connectivity index (χ4v) is 3.88. The van der Waals surface area contributed by atoms with E-state index in [9.17, 15) is 9.90 Å². The van der Waals surface area contributed by atoms with Crippen LogP contribution in [0, 0.1) is 11.8 Å². The number of rotatable bonds is 6. The molecule has 0 bridgehead atoms. The van der Waals surface area contributed by atoms with Crippen LogP contribution in [0.1, 0.15) is 43.7 Å². The summed E-state index contributed by atoms with van der Waals surface area (Å²) in [4.78, 5) is 15.0. The lowest BCUT2D eigenvalue weighted by atomic mass is 9.85. The van der Waals surface area contributed by atoms with Crippen molar-refractivity contribution < 1.29 is 9.90 Å². The highest BCUT2D eigenvalue weighted by molar-refractivity contribution is 6.30. The Morgan fingerprint density at radius 3 is 2.52 bits per heavy atom. The number of nitrogens with zero attached hydrogens (tertiary/aromatic N) is 1. The lowest BCUT2D eigenvalue weighted by Crippen LogP contribution is -2.51. The smallest absolute Gasteiger partial charge is 0.226 e. The highest BCUT2D eigenvalue weighted by Gasteiger charge is 2.44. The second-order valence-electron chi connectivity index (χ2n) is 6.70. The second kappa shape index (κ2) is 7.06. The molecule has 1 aliphatic heterocycles. The number of benzene rings is 1. The number of likely N-dealkylation sites (tertiary alicyclic amines) is 1. The fraction of sp³-hybridized carbons (Fsp3) is 0.526. The van der Waals surface area contributed by atoms with Gasteiger partial charge in [0.2, 0.25) is 5.91 Å². The van der Waals surface area contributed by atoms with Gasteiger partial charge in [-0.1, -0.05) is 29.8 Å². The number of halogens is 1. The molecule has 1 saturated heterocycles. The molecule has 124 valence electrons. The molecule has 1 saturated carbocycles. The van der Waals surface area contributed by atoms with Gasteiger partial charge in [-0.15, -0.1) is 6.58 Å². The van der Waals surface area contributed by atoms with Crippen molar-refractivity contribution in [3.63, 3.8) is 0 Å². The minimum Gasteiger partial charge on any atom is -0.394 e. The van der Waals surface area contributed by atoms with Crippen LogP contribution in [0.3, 0.4) is 0 Å². The fourth-order valence-electron chi connectivity index (χ4n) is 3.76. The molecule has 2 fully saturated rings. The summed E-state index contributed by atoms with van der Waals surface area (Å²) in [6.07, 6.45) is 6.55. The molecule has 3 atom stereocenters. The summed E-state index contributed by atoms with van der Waals surface area (Å²) in [7, 11) is 0. The zero-order valence-electron chi connectivity index (χ0n) is 13.3. The molecule has 1 N–H and O–H groups in total. The van der Waals surface area contributed by atoms with Crippen molar-refractivity contribution in [3.05, 3.63) is 47.5 Å². The molecule has 1 heterocycles. The Balaban J connectivity index is 1.91. The Labute approximate surface area is 142 Å².